The summed E-state index contributed by atoms with van der Waals surface area (Å²) < 4.78 is 5.08. The first-order valence-electron chi connectivity index (χ1n) is 4.53. The Bertz CT molecular complexity index is 287. The minimum Gasteiger partial charge on any atom is -0.469 e. The summed E-state index contributed by atoms with van der Waals surface area (Å²) in [4.78, 5) is 13.5. The van der Waals surface area contributed by atoms with Crippen molar-refractivity contribution < 1.29 is 9.21 Å². The molecule has 3 nitrogen and oxygen atoms in total. The van der Waals surface area contributed by atoms with Gasteiger partial charge in [0.15, 0.2) is 0 Å². The van der Waals surface area contributed by atoms with E-state index in [1.165, 1.54) is 6.26 Å². The first kappa shape index (κ1) is 9.84. The summed E-state index contributed by atoms with van der Waals surface area (Å²) in [5, 5.41) is 0. The Kier molecular flexibility index (Phi) is 3.12. The fourth-order valence-electron chi connectivity index (χ4n) is 1.25. The molecular formula is C10H15NO2. The Morgan fingerprint density at radius 2 is 2.08 bits per heavy atom. The quantitative estimate of drug-likeness (QED) is 0.715. The Hall–Kier alpha value is -1.25. The maximum absolute atomic E-state index is 11.7. The highest BCUT2D eigenvalue weighted by atomic mass is 16.3. The zero-order chi connectivity index (χ0) is 9.84. The van der Waals surface area contributed by atoms with Crippen LogP contribution in [-0.4, -0.2) is 23.9 Å². The molecule has 1 rings (SSSR count). The largest absolute Gasteiger partial charge is 0.469 e. The van der Waals surface area contributed by atoms with Crippen LogP contribution in [0.25, 0.3) is 0 Å². The minimum atomic E-state index is 0.0434. The molecule has 1 aromatic heterocycles. The molecule has 0 unspecified atom stereocenters. The summed E-state index contributed by atoms with van der Waals surface area (Å²) in [6, 6.07) is 1.76. The van der Waals surface area contributed by atoms with Crippen LogP contribution in [0.15, 0.2) is 16.7 Å². The molecule has 72 valence electrons. The summed E-state index contributed by atoms with van der Waals surface area (Å²) in [5.74, 6) is 0.817. The van der Waals surface area contributed by atoms with Crippen molar-refractivity contribution in [2.75, 3.05) is 13.1 Å². The van der Waals surface area contributed by atoms with Crippen molar-refractivity contribution in [1.29, 1.82) is 0 Å². The van der Waals surface area contributed by atoms with E-state index >= 15 is 0 Å². The Morgan fingerprint density at radius 1 is 1.46 bits per heavy atom. The van der Waals surface area contributed by atoms with Crippen LogP contribution < -0.4 is 0 Å². The zero-order valence-corrected chi connectivity index (χ0v) is 8.33. The van der Waals surface area contributed by atoms with Crippen molar-refractivity contribution in [3.63, 3.8) is 0 Å². The first-order chi connectivity index (χ1) is 6.19. The lowest BCUT2D eigenvalue weighted by Gasteiger charge is -2.16. The molecule has 0 N–H and O–H groups in total. The average molecular weight is 181 g/mol. The summed E-state index contributed by atoms with van der Waals surface area (Å²) in [6.45, 7) is 7.24. The van der Waals surface area contributed by atoms with E-state index in [0.717, 1.165) is 18.8 Å². The van der Waals surface area contributed by atoms with Gasteiger partial charge >= 0.3 is 0 Å². The van der Waals surface area contributed by atoms with Crippen molar-refractivity contribution in [2.24, 2.45) is 0 Å². The minimum absolute atomic E-state index is 0.0434. The van der Waals surface area contributed by atoms with Gasteiger partial charge in [-0.3, -0.25) is 4.79 Å². The van der Waals surface area contributed by atoms with E-state index < -0.39 is 0 Å². The summed E-state index contributed by atoms with van der Waals surface area (Å²) in [7, 11) is 0. The van der Waals surface area contributed by atoms with Gasteiger partial charge in [-0.25, -0.2) is 0 Å². The van der Waals surface area contributed by atoms with E-state index in [1.807, 2.05) is 20.8 Å². The first-order valence-corrected chi connectivity index (χ1v) is 4.53. The highest BCUT2D eigenvalue weighted by molar-refractivity contribution is 5.93. The molecule has 0 aromatic carbocycles. The molecule has 13 heavy (non-hydrogen) atoms. The maximum Gasteiger partial charge on any atom is 0.257 e. The number of nitrogens with zero attached hydrogens (tertiary/aromatic N) is 1. The number of furan rings is 1. The normalized spacial score (nSPS) is 10.1. The van der Waals surface area contributed by atoms with Crippen LogP contribution in [0.1, 0.15) is 30.0 Å². The average Bonchev–Trinajstić information content (AvgIpc) is 2.54. The van der Waals surface area contributed by atoms with Crippen LogP contribution in [0.5, 0.6) is 0 Å². The molecule has 0 atom stereocenters. The van der Waals surface area contributed by atoms with Gasteiger partial charge < -0.3 is 9.32 Å². The predicted octanol–water partition coefficient (Wildman–Crippen LogP) is 2.07. The van der Waals surface area contributed by atoms with Crippen LogP contribution >= 0.6 is 0 Å². The van der Waals surface area contributed by atoms with Gasteiger partial charge in [-0.1, -0.05) is 0 Å². The monoisotopic (exact) mass is 181 g/mol. The molecular weight excluding hydrogens is 166 g/mol. The lowest BCUT2D eigenvalue weighted by atomic mass is 10.2. The molecule has 0 aliphatic carbocycles. The number of aryl methyl sites for hydroxylation is 1. The van der Waals surface area contributed by atoms with Crippen LogP contribution in [0.3, 0.4) is 0 Å². The second kappa shape index (κ2) is 4.12. The number of carbonyl (C=O) groups is 1. The molecule has 1 heterocycles. The van der Waals surface area contributed by atoms with E-state index in [4.69, 9.17) is 4.42 Å². The van der Waals surface area contributed by atoms with Crippen LogP contribution in [0, 0.1) is 6.92 Å². The Balaban J connectivity index is 2.78. The summed E-state index contributed by atoms with van der Waals surface area (Å²) in [6.07, 6.45) is 1.51. The number of carbonyl (C=O) groups excluding carboxylic acids is 1. The van der Waals surface area contributed by atoms with Gasteiger partial charge in [-0.2, -0.15) is 0 Å². The second-order valence-electron chi connectivity index (χ2n) is 2.92. The van der Waals surface area contributed by atoms with Crippen molar-refractivity contribution in [1.82, 2.24) is 4.90 Å². The van der Waals surface area contributed by atoms with Gasteiger partial charge in [-0.05, 0) is 26.8 Å². The van der Waals surface area contributed by atoms with E-state index in [-0.39, 0.29) is 5.91 Å². The number of rotatable bonds is 3. The number of hydrogen-bond acceptors (Lipinski definition) is 2. The summed E-state index contributed by atoms with van der Waals surface area (Å²) >= 11 is 0. The van der Waals surface area contributed by atoms with Gasteiger partial charge in [0.2, 0.25) is 0 Å². The number of hydrogen-bond donors (Lipinski definition) is 0. The van der Waals surface area contributed by atoms with Crippen LogP contribution in [0.4, 0.5) is 0 Å². The van der Waals surface area contributed by atoms with Gasteiger partial charge in [-0.15, -0.1) is 0 Å². The van der Waals surface area contributed by atoms with Crippen molar-refractivity contribution in [3.05, 3.63) is 23.7 Å². The topological polar surface area (TPSA) is 33.5 Å². The molecule has 0 aliphatic heterocycles. The van der Waals surface area contributed by atoms with Crippen LogP contribution in [-0.2, 0) is 0 Å². The number of amides is 1. The molecule has 3 heteroatoms. The highest BCUT2D eigenvalue weighted by Gasteiger charge is 2.13. The smallest absolute Gasteiger partial charge is 0.257 e. The molecule has 1 amide bonds. The van der Waals surface area contributed by atoms with Crippen molar-refractivity contribution in [3.8, 4) is 0 Å². The molecule has 0 fully saturated rings. The predicted molar refractivity (Wildman–Crippen MR) is 50.7 cm³/mol. The molecule has 0 radical (unpaired) electrons. The molecule has 0 aliphatic rings. The molecule has 1 aromatic rings. The Morgan fingerprint density at radius 3 is 2.46 bits per heavy atom. The zero-order valence-electron chi connectivity index (χ0n) is 8.33. The van der Waals surface area contributed by atoms with Gasteiger partial charge in [0.25, 0.3) is 5.91 Å². The van der Waals surface area contributed by atoms with E-state index in [9.17, 15) is 4.79 Å². The van der Waals surface area contributed by atoms with Gasteiger partial charge in [0, 0.05) is 13.1 Å². The molecule has 0 spiro atoms. The highest BCUT2D eigenvalue weighted by Crippen LogP contribution is 2.09. The standard InChI is InChI=1S/C10H15NO2/c1-4-11(5-2)10(12)9-6-8(3)13-7-9/h6-7H,4-5H2,1-3H3. The van der Waals surface area contributed by atoms with E-state index in [1.54, 1.807) is 11.0 Å². The maximum atomic E-state index is 11.7. The van der Waals surface area contributed by atoms with Crippen molar-refractivity contribution >= 4 is 5.91 Å². The lowest BCUT2D eigenvalue weighted by molar-refractivity contribution is 0.0772. The summed E-state index contributed by atoms with van der Waals surface area (Å²) in [5.41, 5.74) is 0.640. The Labute approximate surface area is 78.3 Å². The third-order valence-electron chi connectivity index (χ3n) is 2.03. The fourth-order valence-corrected chi connectivity index (χ4v) is 1.25. The second-order valence-corrected chi connectivity index (χ2v) is 2.92. The fraction of sp³-hybridized carbons (Fsp3) is 0.500. The van der Waals surface area contributed by atoms with Crippen molar-refractivity contribution in [2.45, 2.75) is 20.8 Å². The van der Waals surface area contributed by atoms with E-state index in [2.05, 4.69) is 0 Å². The SMILES string of the molecule is CCN(CC)C(=O)c1coc(C)c1. The molecule has 0 saturated carbocycles. The van der Waals surface area contributed by atoms with Crippen LogP contribution in [0.2, 0.25) is 0 Å². The molecule has 0 saturated heterocycles. The lowest BCUT2D eigenvalue weighted by Crippen LogP contribution is -2.30. The van der Waals surface area contributed by atoms with Gasteiger partial charge in [0.1, 0.15) is 12.0 Å². The molecule has 0 bridgehead atoms. The third-order valence-corrected chi connectivity index (χ3v) is 2.03. The third kappa shape index (κ3) is 2.11. The van der Waals surface area contributed by atoms with E-state index in [0.29, 0.717) is 5.56 Å². The van der Waals surface area contributed by atoms with Gasteiger partial charge in [0.05, 0.1) is 5.56 Å².